The van der Waals surface area contributed by atoms with Crippen LogP contribution < -0.4 is 20.5 Å². The zero-order valence-corrected chi connectivity index (χ0v) is 31.5. The van der Waals surface area contributed by atoms with E-state index in [9.17, 15) is 26.4 Å². The molecule has 0 bridgehead atoms. The number of thiophene rings is 1. The third kappa shape index (κ3) is 6.65. The molecule has 1 aliphatic rings. The lowest BCUT2D eigenvalue weighted by atomic mass is 10.1. The van der Waals surface area contributed by atoms with Gasteiger partial charge >= 0.3 is 15.5 Å². The number of ether oxygens (including phenoxy) is 1. The van der Waals surface area contributed by atoms with E-state index < -0.39 is 26.9 Å². The lowest BCUT2D eigenvalue weighted by molar-refractivity contribution is -0.0444. The topological polar surface area (TPSA) is 102 Å². The lowest BCUT2D eigenvalue weighted by Gasteiger charge is -2.29. The van der Waals surface area contributed by atoms with Crippen LogP contribution in [0.15, 0.2) is 70.8 Å². The first-order valence-corrected chi connectivity index (χ1v) is 19.3. The van der Waals surface area contributed by atoms with Gasteiger partial charge in [-0.05, 0) is 90.8 Å². The van der Waals surface area contributed by atoms with Crippen molar-refractivity contribution in [3.8, 4) is 17.1 Å². The molecule has 15 heteroatoms. The number of halogens is 3. The summed E-state index contributed by atoms with van der Waals surface area (Å²) in [7, 11) is -0.743. The number of anilines is 2. The minimum Gasteiger partial charge on any atom is -0.497 e. The molecular weight excluding hydrogens is 726 g/mol. The standard InChI is InChI=1S/C38H39F3N6O4S2/c1-23-6-7-26(18-24(23)2)21-42-34-33(37(48)46(30-13-17-52-35(30)34)22-25-8-10-28(51-5)11-9-25)36-43-29-19-27-12-14-44(3)15-16-45(4)31(27)20-32(29)47(36)53(49,50)38(39,40)41/h6-11,13,17-20,42H,12,14-16,21-22H2,1-5H3. The molecule has 0 unspecified atom stereocenters. The number of rotatable bonds is 8. The number of nitrogens with one attached hydrogen (secondary N) is 1. The molecule has 0 atom stereocenters. The molecule has 0 aliphatic carbocycles. The van der Waals surface area contributed by atoms with Gasteiger partial charge in [0.05, 0.1) is 40.6 Å². The highest BCUT2D eigenvalue weighted by atomic mass is 32.2. The van der Waals surface area contributed by atoms with Gasteiger partial charge in [0.15, 0.2) is 5.82 Å². The Morgan fingerprint density at radius 3 is 2.36 bits per heavy atom. The van der Waals surface area contributed by atoms with Crippen LogP contribution in [0.3, 0.4) is 0 Å². The monoisotopic (exact) mass is 764 g/mol. The number of imidazole rings is 1. The fourth-order valence-electron chi connectivity index (χ4n) is 6.78. The predicted octanol–water partition coefficient (Wildman–Crippen LogP) is 6.99. The van der Waals surface area contributed by atoms with E-state index in [-0.39, 0.29) is 39.3 Å². The van der Waals surface area contributed by atoms with E-state index >= 15 is 0 Å². The molecule has 4 heterocycles. The van der Waals surface area contributed by atoms with Gasteiger partial charge in [-0.25, -0.2) is 8.96 Å². The van der Waals surface area contributed by atoms with Crippen LogP contribution in [-0.2, 0) is 29.5 Å². The molecule has 0 saturated heterocycles. The number of pyridine rings is 1. The Labute approximate surface area is 309 Å². The van der Waals surface area contributed by atoms with E-state index in [0.29, 0.717) is 47.7 Å². The second-order valence-corrected chi connectivity index (χ2v) is 16.2. The van der Waals surface area contributed by atoms with Crippen molar-refractivity contribution in [2.75, 3.05) is 51.1 Å². The molecule has 7 rings (SSSR count). The van der Waals surface area contributed by atoms with Gasteiger partial charge < -0.3 is 24.4 Å². The largest absolute Gasteiger partial charge is 0.517 e. The predicted molar refractivity (Wildman–Crippen MR) is 205 cm³/mol. The number of methoxy groups -OCH3 is 1. The Kier molecular flexibility index (Phi) is 9.53. The fourth-order valence-corrected chi connectivity index (χ4v) is 8.67. The molecule has 1 N–H and O–H groups in total. The second kappa shape index (κ2) is 13.8. The van der Waals surface area contributed by atoms with Gasteiger partial charge in [-0.1, -0.05) is 30.3 Å². The van der Waals surface area contributed by atoms with Crippen LogP contribution in [0.25, 0.3) is 32.6 Å². The number of benzene rings is 3. The number of aryl methyl sites for hydroxylation is 2. The molecule has 0 saturated carbocycles. The maximum absolute atomic E-state index is 14.9. The minimum atomic E-state index is -6.10. The molecular formula is C38H39F3N6O4S2. The van der Waals surface area contributed by atoms with Gasteiger partial charge in [-0.2, -0.15) is 21.6 Å². The van der Waals surface area contributed by atoms with Crippen LogP contribution in [0.2, 0.25) is 0 Å². The Morgan fingerprint density at radius 1 is 0.925 bits per heavy atom. The molecule has 10 nitrogen and oxygen atoms in total. The highest BCUT2D eigenvalue weighted by Crippen LogP contribution is 2.41. The van der Waals surface area contributed by atoms with Crippen LogP contribution in [0.5, 0.6) is 5.75 Å². The summed E-state index contributed by atoms with van der Waals surface area (Å²) in [5.41, 5.74) is -0.993. The molecule has 0 spiro atoms. The third-order valence-electron chi connectivity index (χ3n) is 9.97. The normalized spacial score (nSPS) is 14.4. The van der Waals surface area contributed by atoms with Crippen molar-refractivity contribution in [1.29, 1.82) is 0 Å². The van der Waals surface area contributed by atoms with E-state index in [2.05, 4.69) is 15.2 Å². The first-order valence-electron chi connectivity index (χ1n) is 17.0. The number of nitrogens with zero attached hydrogens (tertiary/aromatic N) is 5. The smallest absolute Gasteiger partial charge is 0.497 e. The van der Waals surface area contributed by atoms with Crippen LogP contribution in [0, 0.1) is 13.8 Å². The number of likely N-dealkylation sites (N-methyl/N-ethyl adjacent to an activating group) is 2. The fraction of sp³-hybridized carbons (Fsp3) is 0.316. The molecule has 0 fully saturated rings. The zero-order chi connectivity index (χ0) is 37.8. The average molecular weight is 765 g/mol. The highest BCUT2D eigenvalue weighted by Gasteiger charge is 2.50. The molecule has 3 aromatic carbocycles. The Balaban J connectivity index is 1.53. The Hall–Kier alpha value is -4.86. The SMILES string of the molecule is COc1ccc(Cn2c(=O)c(-c3nc4cc5c(cc4n3S(=O)(=O)C(F)(F)F)N(C)CCN(C)CC5)c(NCc3ccc(C)c(C)c3)c3sccc32)cc1. The summed E-state index contributed by atoms with van der Waals surface area (Å²) in [4.78, 5) is 23.6. The number of hydrogen-bond donors (Lipinski definition) is 1. The van der Waals surface area contributed by atoms with Crippen LogP contribution >= 0.6 is 11.3 Å². The lowest BCUT2D eigenvalue weighted by Crippen LogP contribution is -2.35. The van der Waals surface area contributed by atoms with Crippen molar-refractivity contribution in [3.63, 3.8) is 0 Å². The van der Waals surface area contributed by atoms with Crippen molar-refractivity contribution < 1.29 is 26.3 Å². The molecule has 3 aromatic heterocycles. The van der Waals surface area contributed by atoms with E-state index in [1.54, 1.807) is 48.9 Å². The van der Waals surface area contributed by atoms with Crippen LogP contribution in [0.1, 0.15) is 27.8 Å². The van der Waals surface area contributed by atoms with Crippen molar-refractivity contribution in [3.05, 3.63) is 104 Å². The maximum Gasteiger partial charge on any atom is 0.517 e. The molecule has 53 heavy (non-hydrogen) atoms. The summed E-state index contributed by atoms with van der Waals surface area (Å²) in [6.45, 7) is 6.21. The average Bonchev–Trinajstić information content (AvgIpc) is 3.75. The summed E-state index contributed by atoms with van der Waals surface area (Å²) in [6.07, 6.45) is 0.568. The molecule has 278 valence electrons. The van der Waals surface area contributed by atoms with Crippen molar-refractivity contribution in [2.45, 2.75) is 38.9 Å². The summed E-state index contributed by atoms with van der Waals surface area (Å²) in [6, 6.07) is 17.9. The molecule has 6 aromatic rings. The van der Waals surface area contributed by atoms with E-state index in [1.165, 1.54) is 22.0 Å². The Bertz CT molecular complexity index is 2520. The first-order chi connectivity index (χ1) is 25.2. The summed E-state index contributed by atoms with van der Waals surface area (Å²) < 4.78 is 79.1. The van der Waals surface area contributed by atoms with E-state index in [4.69, 9.17) is 4.74 Å². The van der Waals surface area contributed by atoms with Gasteiger partial charge in [0.2, 0.25) is 0 Å². The van der Waals surface area contributed by atoms with Gasteiger partial charge in [0.25, 0.3) is 5.56 Å². The second-order valence-electron chi connectivity index (χ2n) is 13.5. The minimum absolute atomic E-state index is 0.0377. The van der Waals surface area contributed by atoms with Crippen LogP contribution in [0.4, 0.5) is 24.5 Å². The van der Waals surface area contributed by atoms with Gasteiger partial charge in [-0.3, -0.25) is 4.79 Å². The summed E-state index contributed by atoms with van der Waals surface area (Å²) in [5.74, 6) is 0.00672. The van der Waals surface area contributed by atoms with Crippen LogP contribution in [-0.4, -0.2) is 73.2 Å². The maximum atomic E-state index is 14.9. The van der Waals surface area contributed by atoms with E-state index in [0.717, 1.165) is 27.8 Å². The highest BCUT2D eigenvalue weighted by molar-refractivity contribution is 7.91. The molecule has 0 amide bonds. The molecule has 1 aliphatic heterocycles. The Morgan fingerprint density at radius 2 is 1.66 bits per heavy atom. The van der Waals surface area contributed by atoms with Crippen molar-refractivity contribution in [1.82, 2.24) is 18.4 Å². The van der Waals surface area contributed by atoms with Crippen molar-refractivity contribution >= 4 is 54.0 Å². The molecule has 0 radical (unpaired) electrons. The first kappa shape index (κ1) is 36.5. The summed E-state index contributed by atoms with van der Waals surface area (Å²) in [5, 5.41) is 5.13. The summed E-state index contributed by atoms with van der Waals surface area (Å²) >= 11 is 1.29. The number of aromatic nitrogens is 3. The van der Waals surface area contributed by atoms with Crippen molar-refractivity contribution in [2.24, 2.45) is 0 Å². The third-order valence-corrected chi connectivity index (χ3v) is 12.3. The van der Waals surface area contributed by atoms with Gasteiger partial charge in [0, 0.05) is 38.9 Å². The van der Waals surface area contributed by atoms with Gasteiger partial charge in [-0.15, -0.1) is 11.3 Å². The number of hydrogen-bond acceptors (Lipinski definition) is 9. The van der Waals surface area contributed by atoms with Gasteiger partial charge in [0.1, 0.15) is 11.3 Å². The quantitative estimate of drug-likeness (QED) is 0.177. The van der Waals surface area contributed by atoms with E-state index in [1.807, 2.05) is 51.0 Å². The number of alkyl halides is 3. The number of fused-ring (bicyclic) bond motifs is 3. The zero-order valence-electron chi connectivity index (χ0n) is 29.9.